The number of amides is 1. The minimum Gasteiger partial charge on any atom is -0.481 e. The Morgan fingerprint density at radius 3 is 2.75 bits per heavy atom. The van der Waals surface area contributed by atoms with Gasteiger partial charge in [-0.25, -0.2) is 0 Å². The fourth-order valence-electron chi connectivity index (χ4n) is 1.82. The van der Waals surface area contributed by atoms with E-state index in [-0.39, 0.29) is 18.4 Å². The number of rotatable bonds is 4. The molecule has 0 aromatic carbocycles. The van der Waals surface area contributed by atoms with Crippen molar-refractivity contribution in [3.8, 4) is 0 Å². The number of carboxylic acid groups (broad SMARTS) is 1. The topological polar surface area (TPSA) is 57.6 Å². The molecule has 1 heterocycles. The summed E-state index contributed by atoms with van der Waals surface area (Å²) >= 11 is 1.73. The SMILES string of the molecule is CC(C)CC(=O)N1CCSCC1CC(=O)O. The van der Waals surface area contributed by atoms with Crippen molar-refractivity contribution < 1.29 is 14.7 Å². The highest BCUT2D eigenvalue weighted by Gasteiger charge is 2.28. The molecule has 0 aromatic rings. The molecule has 1 aliphatic rings. The predicted octanol–water partition coefficient (Wildman–Crippen LogP) is 1.45. The molecular formula is C11H19NO3S. The van der Waals surface area contributed by atoms with Gasteiger partial charge in [0.1, 0.15) is 0 Å². The molecule has 0 aromatic heterocycles. The van der Waals surface area contributed by atoms with E-state index in [1.54, 1.807) is 16.7 Å². The van der Waals surface area contributed by atoms with Gasteiger partial charge in [-0.1, -0.05) is 13.8 Å². The summed E-state index contributed by atoms with van der Waals surface area (Å²) in [6.07, 6.45) is 0.581. The fourth-order valence-corrected chi connectivity index (χ4v) is 2.88. The molecule has 0 spiro atoms. The number of carbonyl (C=O) groups excluding carboxylic acids is 1. The van der Waals surface area contributed by atoms with E-state index >= 15 is 0 Å². The lowest BCUT2D eigenvalue weighted by Crippen LogP contribution is -2.47. The van der Waals surface area contributed by atoms with Gasteiger partial charge >= 0.3 is 5.97 Å². The second-order valence-corrected chi connectivity index (χ2v) is 5.66. The second kappa shape index (κ2) is 6.13. The third kappa shape index (κ3) is 4.04. The highest BCUT2D eigenvalue weighted by molar-refractivity contribution is 7.99. The van der Waals surface area contributed by atoms with Gasteiger partial charge in [0.05, 0.1) is 12.5 Å². The van der Waals surface area contributed by atoms with E-state index in [9.17, 15) is 9.59 Å². The molecule has 0 bridgehead atoms. The van der Waals surface area contributed by atoms with Crippen LogP contribution in [-0.4, -0.2) is 46.0 Å². The quantitative estimate of drug-likeness (QED) is 0.814. The number of aliphatic carboxylic acids is 1. The molecule has 92 valence electrons. The molecule has 1 rings (SSSR count). The van der Waals surface area contributed by atoms with Crippen molar-refractivity contribution in [3.05, 3.63) is 0 Å². The lowest BCUT2D eigenvalue weighted by Gasteiger charge is -2.35. The molecule has 5 heteroatoms. The molecule has 0 saturated carbocycles. The zero-order valence-electron chi connectivity index (χ0n) is 9.81. The number of hydrogen-bond donors (Lipinski definition) is 1. The smallest absolute Gasteiger partial charge is 0.305 e. The molecule has 1 atom stereocenters. The highest BCUT2D eigenvalue weighted by atomic mass is 32.2. The van der Waals surface area contributed by atoms with E-state index in [0.717, 1.165) is 11.5 Å². The summed E-state index contributed by atoms with van der Waals surface area (Å²) in [6, 6.07) is -0.123. The Hall–Kier alpha value is -0.710. The predicted molar refractivity (Wildman–Crippen MR) is 64.5 cm³/mol. The van der Waals surface area contributed by atoms with Crippen molar-refractivity contribution in [2.75, 3.05) is 18.1 Å². The molecule has 1 amide bonds. The van der Waals surface area contributed by atoms with Crippen molar-refractivity contribution in [2.24, 2.45) is 5.92 Å². The molecule has 0 aliphatic carbocycles. The van der Waals surface area contributed by atoms with Gasteiger partial charge in [-0.05, 0) is 5.92 Å². The van der Waals surface area contributed by atoms with Crippen LogP contribution >= 0.6 is 11.8 Å². The van der Waals surface area contributed by atoms with Gasteiger partial charge in [-0.3, -0.25) is 9.59 Å². The van der Waals surface area contributed by atoms with Crippen LogP contribution < -0.4 is 0 Å². The van der Waals surface area contributed by atoms with Crippen LogP contribution in [0.15, 0.2) is 0 Å². The Labute approximate surface area is 100 Å². The number of thioether (sulfide) groups is 1. The molecule has 16 heavy (non-hydrogen) atoms. The summed E-state index contributed by atoms with van der Waals surface area (Å²) in [7, 11) is 0. The maximum absolute atomic E-state index is 11.9. The normalized spacial score (nSPS) is 21.2. The molecular weight excluding hydrogens is 226 g/mol. The maximum atomic E-state index is 11.9. The second-order valence-electron chi connectivity index (χ2n) is 4.51. The van der Waals surface area contributed by atoms with E-state index in [2.05, 4.69) is 0 Å². The molecule has 1 aliphatic heterocycles. The van der Waals surface area contributed by atoms with Crippen LogP contribution in [0, 0.1) is 5.92 Å². The Morgan fingerprint density at radius 2 is 2.19 bits per heavy atom. The van der Waals surface area contributed by atoms with Gasteiger partial charge in [0.15, 0.2) is 0 Å². The standard InChI is InChI=1S/C11H19NO3S/c1-8(2)5-10(13)12-3-4-16-7-9(12)6-11(14)15/h8-9H,3-7H2,1-2H3,(H,14,15). The molecule has 1 unspecified atom stereocenters. The third-order valence-electron chi connectivity index (χ3n) is 2.54. The summed E-state index contributed by atoms with van der Waals surface area (Å²) in [5.41, 5.74) is 0. The van der Waals surface area contributed by atoms with Crippen LogP contribution in [0.2, 0.25) is 0 Å². The van der Waals surface area contributed by atoms with Gasteiger partial charge in [0, 0.05) is 24.5 Å². The highest BCUT2D eigenvalue weighted by Crippen LogP contribution is 2.20. The van der Waals surface area contributed by atoms with Crippen molar-refractivity contribution in [1.29, 1.82) is 0 Å². The number of hydrogen-bond acceptors (Lipinski definition) is 3. The Kier molecular flexibility index (Phi) is 5.12. The van der Waals surface area contributed by atoms with Gasteiger partial charge in [-0.15, -0.1) is 0 Å². The Balaban J connectivity index is 2.58. The number of carboxylic acids is 1. The molecule has 1 saturated heterocycles. The minimum atomic E-state index is -0.824. The van der Waals surface area contributed by atoms with E-state index in [1.165, 1.54) is 0 Å². The number of nitrogens with zero attached hydrogens (tertiary/aromatic N) is 1. The van der Waals surface area contributed by atoms with E-state index in [4.69, 9.17) is 5.11 Å². The van der Waals surface area contributed by atoms with Gasteiger partial charge < -0.3 is 10.0 Å². The van der Waals surface area contributed by atoms with Gasteiger partial charge in [0.25, 0.3) is 0 Å². The van der Waals surface area contributed by atoms with E-state index < -0.39 is 5.97 Å². The largest absolute Gasteiger partial charge is 0.481 e. The minimum absolute atomic E-state index is 0.0663. The maximum Gasteiger partial charge on any atom is 0.305 e. The van der Waals surface area contributed by atoms with Gasteiger partial charge in [0.2, 0.25) is 5.91 Å². The van der Waals surface area contributed by atoms with Crippen molar-refractivity contribution in [3.63, 3.8) is 0 Å². The van der Waals surface area contributed by atoms with Crippen LogP contribution in [-0.2, 0) is 9.59 Å². The molecule has 1 N–H and O–H groups in total. The van der Waals surface area contributed by atoms with Crippen LogP contribution in [0.25, 0.3) is 0 Å². The Bertz CT molecular complexity index is 268. The summed E-state index contributed by atoms with van der Waals surface area (Å²) in [4.78, 5) is 24.4. The number of carbonyl (C=O) groups is 2. The lowest BCUT2D eigenvalue weighted by atomic mass is 10.1. The average Bonchev–Trinajstić information content (AvgIpc) is 2.16. The molecule has 1 fully saturated rings. The zero-order valence-corrected chi connectivity index (χ0v) is 10.6. The van der Waals surface area contributed by atoms with Crippen LogP contribution in [0.1, 0.15) is 26.7 Å². The fraction of sp³-hybridized carbons (Fsp3) is 0.818. The first kappa shape index (κ1) is 13.4. The molecule has 0 radical (unpaired) electrons. The third-order valence-corrected chi connectivity index (χ3v) is 3.63. The van der Waals surface area contributed by atoms with Crippen LogP contribution in [0.5, 0.6) is 0 Å². The lowest BCUT2D eigenvalue weighted by molar-refractivity contribution is -0.140. The van der Waals surface area contributed by atoms with Crippen LogP contribution in [0.4, 0.5) is 0 Å². The monoisotopic (exact) mass is 245 g/mol. The first-order valence-corrected chi connectivity index (χ1v) is 6.75. The summed E-state index contributed by atoms with van der Waals surface area (Å²) in [5, 5.41) is 8.80. The van der Waals surface area contributed by atoms with E-state index in [0.29, 0.717) is 18.9 Å². The Morgan fingerprint density at radius 1 is 1.50 bits per heavy atom. The van der Waals surface area contributed by atoms with Crippen molar-refractivity contribution in [2.45, 2.75) is 32.7 Å². The van der Waals surface area contributed by atoms with Crippen molar-refractivity contribution >= 4 is 23.6 Å². The summed E-state index contributed by atoms with van der Waals surface area (Å²) < 4.78 is 0. The zero-order chi connectivity index (χ0) is 12.1. The van der Waals surface area contributed by atoms with Crippen molar-refractivity contribution in [1.82, 2.24) is 4.90 Å². The van der Waals surface area contributed by atoms with Crippen LogP contribution in [0.3, 0.4) is 0 Å². The first-order valence-electron chi connectivity index (χ1n) is 5.59. The summed E-state index contributed by atoms with van der Waals surface area (Å²) in [6.45, 7) is 4.69. The average molecular weight is 245 g/mol. The first-order chi connectivity index (χ1) is 7.50. The van der Waals surface area contributed by atoms with E-state index in [1.807, 2.05) is 13.8 Å². The molecule has 4 nitrogen and oxygen atoms in total. The van der Waals surface area contributed by atoms with Gasteiger partial charge in [-0.2, -0.15) is 11.8 Å². The summed E-state index contributed by atoms with van der Waals surface area (Å²) in [5.74, 6) is 1.26.